The molecule has 0 unspecified atom stereocenters. The number of amides is 1. The second-order valence-electron chi connectivity index (χ2n) is 6.53. The lowest BCUT2D eigenvalue weighted by atomic mass is 9.92. The normalized spacial score (nSPS) is 25.7. The summed E-state index contributed by atoms with van der Waals surface area (Å²) in [5.74, 6) is 0.597. The van der Waals surface area contributed by atoms with Crippen molar-refractivity contribution in [3.8, 4) is 0 Å². The van der Waals surface area contributed by atoms with E-state index in [0.29, 0.717) is 11.9 Å². The van der Waals surface area contributed by atoms with Gasteiger partial charge in [0, 0.05) is 57.1 Å². The predicted octanol–water partition coefficient (Wildman–Crippen LogP) is 1.54. The number of halogens is 1. The Labute approximate surface area is 144 Å². The first-order valence-electron chi connectivity index (χ1n) is 8.36. The molecule has 3 heterocycles. The fourth-order valence-electron chi connectivity index (χ4n) is 3.49. The number of aromatic nitrogens is 1. The Kier molecular flexibility index (Phi) is 6.81. The molecule has 0 aliphatic carbocycles. The molecule has 2 atom stereocenters. The van der Waals surface area contributed by atoms with Gasteiger partial charge < -0.3 is 10.2 Å². The van der Waals surface area contributed by atoms with Crippen LogP contribution in [-0.4, -0.2) is 59.5 Å². The smallest absolute Gasteiger partial charge is 0.225 e. The number of piperazine rings is 1. The third-order valence-corrected chi connectivity index (χ3v) is 4.81. The van der Waals surface area contributed by atoms with E-state index in [1.54, 1.807) is 0 Å². The molecule has 1 amide bonds. The number of nitrogens with zero attached hydrogens (tertiary/aromatic N) is 3. The van der Waals surface area contributed by atoms with E-state index >= 15 is 0 Å². The molecule has 5 nitrogen and oxygen atoms in total. The highest BCUT2D eigenvalue weighted by atomic mass is 35.5. The van der Waals surface area contributed by atoms with E-state index in [2.05, 4.69) is 39.2 Å². The van der Waals surface area contributed by atoms with Crippen LogP contribution in [0.4, 0.5) is 0 Å². The van der Waals surface area contributed by atoms with Crippen LogP contribution in [0.2, 0.25) is 0 Å². The van der Waals surface area contributed by atoms with Gasteiger partial charge in [-0.1, -0.05) is 0 Å². The van der Waals surface area contributed by atoms with Crippen LogP contribution in [0, 0.1) is 5.92 Å². The van der Waals surface area contributed by atoms with Crippen LogP contribution in [-0.2, 0) is 11.3 Å². The minimum Gasteiger partial charge on any atom is -0.340 e. The monoisotopic (exact) mass is 338 g/mol. The van der Waals surface area contributed by atoms with Crippen LogP contribution < -0.4 is 5.32 Å². The standard InChI is InChI=1S/C17H26N4O.ClH/c1-14-12-16(4-7-19-14)17(22)21-10-8-20(9-11-21)13-15-2-5-18-6-3-15;/h2-3,5-6,14,16,19H,4,7-13H2,1H3;1H/t14-,16-;/m0./s1. The third kappa shape index (κ3) is 4.90. The Bertz CT molecular complexity index is 491. The molecular formula is C17H27ClN4O. The maximum atomic E-state index is 12.6. The molecule has 3 rings (SSSR count). The molecule has 1 aromatic rings. The second kappa shape index (κ2) is 8.62. The average molecular weight is 339 g/mol. The molecule has 0 bridgehead atoms. The van der Waals surface area contributed by atoms with E-state index in [1.165, 1.54) is 5.56 Å². The summed E-state index contributed by atoms with van der Waals surface area (Å²) in [6, 6.07) is 4.60. The molecule has 2 aliphatic heterocycles. The van der Waals surface area contributed by atoms with Gasteiger partial charge in [-0.05, 0) is 44.0 Å². The third-order valence-electron chi connectivity index (χ3n) is 4.81. The number of hydrogen-bond acceptors (Lipinski definition) is 4. The first-order chi connectivity index (χ1) is 10.7. The van der Waals surface area contributed by atoms with Gasteiger partial charge in [0.25, 0.3) is 0 Å². The minimum atomic E-state index is 0. The van der Waals surface area contributed by atoms with Crippen molar-refractivity contribution in [3.63, 3.8) is 0 Å². The fourth-order valence-corrected chi connectivity index (χ4v) is 3.49. The van der Waals surface area contributed by atoms with E-state index in [9.17, 15) is 4.79 Å². The molecule has 2 saturated heterocycles. The van der Waals surface area contributed by atoms with Crippen LogP contribution in [0.1, 0.15) is 25.3 Å². The van der Waals surface area contributed by atoms with E-state index < -0.39 is 0 Å². The Balaban J connectivity index is 0.00000192. The Hall–Kier alpha value is -1.17. The van der Waals surface area contributed by atoms with E-state index in [-0.39, 0.29) is 18.3 Å². The van der Waals surface area contributed by atoms with E-state index in [1.807, 2.05) is 12.4 Å². The van der Waals surface area contributed by atoms with Crippen molar-refractivity contribution in [2.24, 2.45) is 5.92 Å². The van der Waals surface area contributed by atoms with Crippen molar-refractivity contribution < 1.29 is 4.79 Å². The van der Waals surface area contributed by atoms with Gasteiger partial charge in [-0.25, -0.2) is 0 Å². The summed E-state index contributed by atoms with van der Waals surface area (Å²) in [4.78, 5) is 21.2. The Morgan fingerprint density at radius 1 is 1.26 bits per heavy atom. The summed E-state index contributed by atoms with van der Waals surface area (Å²) in [6.45, 7) is 7.76. The lowest BCUT2D eigenvalue weighted by Crippen LogP contribution is -2.51. The molecule has 0 spiro atoms. The van der Waals surface area contributed by atoms with E-state index in [0.717, 1.165) is 52.1 Å². The van der Waals surface area contributed by atoms with Gasteiger partial charge in [0.2, 0.25) is 5.91 Å². The molecule has 1 aromatic heterocycles. The molecule has 23 heavy (non-hydrogen) atoms. The molecule has 2 fully saturated rings. The summed E-state index contributed by atoms with van der Waals surface area (Å²) < 4.78 is 0. The first kappa shape index (κ1) is 18.2. The second-order valence-corrected chi connectivity index (χ2v) is 6.53. The summed E-state index contributed by atoms with van der Waals surface area (Å²) in [5.41, 5.74) is 1.29. The van der Waals surface area contributed by atoms with Crippen molar-refractivity contribution in [2.75, 3.05) is 32.7 Å². The summed E-state index contributed by atoms with van der Waals surface area (Å²) in [6.07, 6.45) is 5.65. The highest BCUT2D eigenvalue weighted by Crippen LogP contribution is 2.20. The van der Waals surface area contributed by atoms with Crippen LogP contribution in [0.5, 0.6) is 0 Å². The Morgan fingerprint density at radius 2 is 1.96 bits per heavy atom. The number of rotatable bonds is 3. The van der Waals surface area contributed by atoms with Gasteiger partial charge in [-0.15, -0.1) is 12.4 Å². The highest BCUT2D eigenvalue weighted by Gasteiger charge is 2.30. The number of hydrogen-bond donors (Lipinski definition) is 1. The number of nitrogens with one attached hydrogen (secondary N) is 1. The SMILES string of the molecule is C[C@H]1C[C@@H](C(=O)N2CCN(Cc3ccncc3)CC2)CCN1.Cl. The van der Waals surface area contributed by atoms with Gasteiger partial charge in [0.05, 0.1) is 0 Å². The lowest BCUT2D eigenvalue weighted by Gasteiger charge is -2.38. The van der Waals surface area contributed by atoms with Crippen molar-refractivity contribution in [1.29, 1.82) is 0 Å². The molecule has 128 valence electrons. The van der Waals surface area contributed by atoms with E-state index in [4.69, 9.17) is 0 Å². The molecule has 1 N–H and O–H groups in total. The Morgan fingerprint density at radius 3 is 2.61 bits per heavy atom. The minimum absolute atomic E-state index is 0. The highest BCUT2D eigenvalue weighted by molar-refractivity contribution is 5.85. The maximum Gasteiger partial charge on any atom is 0.225 e. The predicted molar refractivity (Wildman–Crippen MR) is 93.5 cm³/mol. The largest absolute Gasteiger partial charge is 0.340 e. The summed E-state index contributed by atoms with van der Waals surface area (Å²) in [5, 5.41) is 3.42. The van der Waals surface area contributed by atoms with Gasteiger partial charge in [0.15, 0.2) is 0 Å². The number of carbonyl (C=O) groups excluding carboxylic acids is 1. The summed E-state index contributed by atoms with van der Waals surface area (Å²) >= 11 is 0. The zero-order valence-corrected chi connectivity index (χ0v) is 14.6. The summed E-state index contributed by atoms with van der Waals surface area (Å²) in [7, 11) is 0. The van der Waals surface area contributed by atoms with Gasteiger partial charge in [0.1, 0.15) is 0 Å². The maximum absolute atomic E-state index is 12.6. The molecule has 0 radical (unpaired) electrons. The van der Waals surface area contributed by atoms with Gasteiger partial charge in [-0.2, -0.15) is 0 Å². The van der Waals surface area contributed by atoms with Crippen LogP contribution >= 0.6 is 12.4 Å². The average Bonchev–Trinajstić information content (AvgIpc) is 2.56. The fraction of sp³-hybridized carbons (Fsp3) is 0.647. The molecular weight excluding hydrogens is 312 g/mol. The molecule has 0 saturated carbocycles. The van der Waals surface area contributed by atoms with Crippen molar-refractivity contribution in [3.05, 3.63) is 30.1 Å². The zero-order chi connectivity index (χ0) is 15.4. The lowest BCUT2D eigenvalue weighted by molar-refractivity contribution is -0.138. The molecule has 0 aromatic carbocycles. The van der Waals surface area contributed by atoms with Crippen LogP contribution in [0.25, 0.3) is 0 Å². The molecule has 2 aliphatic rings. The van der Waals surface area contributed by atoms with Gasteiger partial charge in [-0.3, -0.25) is 14.7 Å². The molecule has 6 heteroatoms. The quantitative estimate of drug-likeness (QED) is 0.908. The van der Waals surface area contributed by atoms with Crippen molar-refractivity contribution in [2.45, 2.75) is 32.4 Å². The van der Waals surface area contributed by atoms with Crippen LogP contribution in [0.3, 0.4) is 0 Å². The number of carbonyl (C=O) groups is 1. The number of pyridine rings is 1. The van der Waals surface area contributed by atoms with Gasteiger partial charge >= 0.3 is 0 Å². The van der Waals surface area contributed by atoms with Crippen molar-refractivity contribution in [1.82, 2.24) is 20.1 Å². The number of piperidine rings is 1. The first-order valence-corrected chi connectivity index (χ1v) is 8.36. The topological polar surface area (TPSA) is 48.5 Å². The van der Waals surface area contributed by atoms with Crippen molar-refractivity contribution >= 4 is 18.3 Å². The zero-order valence-electron chi connectivity index (χ0n) is 13.8. The van der Waals surface area contributed by atoms with Crippen LogP contribution in [0.15, 0.2) is 24.5 Å².